The van der Waals surface area contributed by atoms with Gasteiger partial charge in [-0.2, -0.15) is 0 Å². The summed E-state index contributed by atoms with van der Waals surface area (Å²) in [6.45, 7) is 2.24. The molecule has 3 rings (SSSR count). The summed E-state index contributed by atoms with van der Waals surface area (Å²) >= 11 is 0. The molecule has 0 heterocycles. The largest absolute Gasteiger partial charge is 0.345 e. The van der Waals surface area contributed by atoms with Crippen LogP contribution in [0.25, 0.3) is 0 Å². The van der Waals surface area contributed by atoms with Gasteiger partial charge in [-0.3, -0.25) is 0 Å². The monoisotopic (exact) mass is 396 g/mol. The summed E-state index contributed by atoms with van der Waals surface area (Å²) in [6.07, 6.45) is 12.7. The molecule has 3 aromatic rings. The van der Waals surface area contributed by atoms with E-state index in [1.54, 1.807) is 0 Å². The summed E-state index contributed by atoms with van der Waals surface area (Å²) in [7, 11) is 0. The number of benzene rings is 3. The Kier molecular flexibility index (Phi) is 8.30. The summed E-state index contributed by atoms with van der Waals surface area (Å²) < 4.78 is 6.92. The lowest BCUT2D eigenvalue weighted by Crippen LogP contribution is -2.36. The molecule has 0 saturated carbocycles. The summed E-state index contributed by atoms with van der Waals surface area (Å²) in [5, 5.41) is 0. The van der Waals surface area contributed by atoms with Gasteiger partial charge in [-0.15, -0.1) is 6.42 Å². The zero-order valence-electron chi connectivity index (χ0n) is 18.0. The molecule has 154 valence electrons. The lowest BCUT2D eigenvalue weighted by Gasteiger charge is -2.38. The summed E-state index contributed by atoms with van der Waals surface area (Å²) in [4.78, 5) is 0. The highest BCUT2D eigenvalue weighted by Crippen LogP contribution is 2.41. The fraction of sp³-hybridized carbons (Fsp3) is 0.310. The predicted octanol–water partition coefficient (Wildman–Crippen LogP) is 7.36. The molecule has 0 aliphatic rings. The van der Waals surface area contributed by atoms with Crippen molar-refractivity contribution in [1.29, 1.82) is 0 Å². The Hall–Kier alpha value is -2.82. The maximum absolute atomic E-state index is 6.92. The average molecular weight is 397 g/mol. The van der Waals surface area contributed by atoms with Gasteiger partial charge in [0.2, 0.25) is 0 Å². The van der Waals surface area contributed by atoms with Gasteiger partial charge in [0, 0.05) is 0 Å². The molecular weight excluding hydrogens is 364 g/mol. The van der Waals surface area contributed by atoms with Gasteiger partial charge in [0.05, 0.1) is 0 Å². The Bertz CT molecular complexity index is 797. The molecule has 0 amide bonds. The van der Waals surface area contributed by atoms with E-state index in [-0.39, 0.29) is 6.10 Å². The van der Waals surface area contributed by atoms with Gasteiger partial charge in [0.15, 0.2) is 0 Å². The van der Waals surface area contributed by atoms with Crippen LogP contribution in [0.1, 0.15) is 62.1 Å². The van der Waals surface area contributed by atoms with Gasteiger partial charge in [-0.05, 0) is 29.5 Å². The Morgan fingerprint density at radius 2 is 1.13 bits per heavy atom. The third-order valence-corrected chi connectivity index (χ3v) is 5.62. The van der Waals surface area contributed by atoms with Crippen LogP contribution in [0.2, 0.25) is 0 Å². The van der Waals surface area contributed by atoms with Crippen LogP contribution in [0.4, 0.5) is 0 Å². The lowest BCUT2D eigenvalue weighted by molar-refractivity contribution is -0.0240. The van der Waals surface area contributed by atoms with Crippen molar-refractivity contribution in [3.8, 4) is 12.3 Å². The molecule has 0 aliphatic carbocycles. The average Bonchev–Trinajstić information content (AvgIpc) is 2.83. The first-order valence-corrected chi connectivity index (χ1v) is 11.1. The zero-order chi connectivity index (χ0) is 21.1. The van der Waals surface area contributed by atoms with E-state index in [0.717, 1.165) is 29.5 Å². The van der Waals surface area contributed by atoms with Crippen LogP contribution in [-0.4, -0.2) is 6.10 Å². The van der Waals surface area contributed by atoms with Crippen molar-refractivity contribution in [2.24, 2.45) is 0 Å². The lowest BCUT2D eigenvalue weighted by atomic mass is 9.80. The number of unbranched alkanes of at least 4 members (excludes halogenated alkanes) is 4. The molecule has 0 aromatic heterocycles. The maximum atomic E-state index is 6.92. The molecule has 3 aromatic carbocycles. The van der Waals surface area contributed by atoms with Crippen molar-refractivity contribution in [3.63, 3.8) is 0 Å². The highest BCUT2D eigenvalue weighted by Gasteiger charge is 2.39. The maximum Gasteiger partial charge on any atom is 0.145 e. The van der Waals surface area contributed by atoms with Crippen LogP contribution in [0, 0.1) is 12.3 Å². The molecule has 0 aliphatic heterocycles. The fourth-order valence-corrected chi connectivity index (χ4v) is 4.05. The van der Waals surface area contributed by atoms with E-state index >= 15 is 0 Å². The number of ether oxygens (including phenoxy) is 1. The van der Waals surface area contributed by atoms with Crippen molar-refractivity contribution in [3.05, 3.63) is 108 Å². The zero-order valence-corrected chi connectivity index (χ0v) is 18.0. The minimum atomic E-state index is -0.746. The van der Waals surface area contributed by atoms with E-state index in [9.17, 15) is 0 Å². The van der Waals surface area contributed by atoms with Gasteiger partial charge in [0.25, 0.3) is 0 Å². The topological polar surface area (TPSA) is 9.23 Å². The second kappa shape index (κ2) is 11.4. The van der Waals surface area contributed by atoms with Crippen LogP contribution in [0.15, 0.2) is 91.0 Å². The Labute approximate surface area is 182 Å². The van der Waals surface area contributed by atoms with Crippen molar-refractivity contribution in [2.75, 3.05) is 0 Å². The van der Waals surface area contributed by atoms with E-state index in [1.165, 1.54) is 25.7 Å². The highest BCUT2D eigenvalue weighted by atomic mass is 16.5. The van der Waals surface area contributed by atoms with Crippen molar-refractivity contribution in [1.82, 2.24) is 0 Å². The van der Waals surface area contributed by atoms with Crippen molar-refractivity contribution < 1.29 is 4.74 Å². The molecule has 1 atom stereocenters. The van der Waals surface area contributed by atoms with Gasteiger partial charge >= 0.3 is 0 Å². The second-order valence-electron chi connectivity index (χ2n) is 7.76. The first-order valence-electron chi connectivity index (χ1n) is 11.1. The smallest absolute Gasteiger partial charge is 0.145 e. The molecule has 0 saturated heterocycles. The third-order valence-electron chi connectivity index (χ3n) is 5.62. The van der Waals surface area contributed by atoms with Gasteiger partial charge in [0.1, 0.15) is 11.7 Å². The first-order chi connectivity index (χ1) is 14.8. The molecular formula is C29H32O. The fourth-order valence-electron chi connectivity index (χ4n) is 4.05. The predicted molar refractivity (Wildman–Crippen MR) is 126 cm³/mol. The van der Waals surface area contributed by atoms with Crippen LogP contribution in [0.5, 0.6) is 0 Å². The molecule has 0 radical (unpaired) electrons. The Morgan fingerprint density at radius 1 is 0.700 bits per heavy atom. The third kappa shape index (κ3) is 5.21. The van der Waals surface area contributed by atoms with Gasteiger partial charge in [-0.1, -0.05) is 130 Å². The molecule has 0 spiro atoms. The quantitative estimate of drug-likeness (QED) is 0.187. The standard InChI is InChI=1S/C29H32O/c1-3-5-6-7-17-24-28(4-2)30-29(25-18-11-8-12-19-25,26-20-13-9-14-21-26)27-22-15-10-16-23-27/h2,8-16,18-23,28H,3,5-7,17,24H2,1H3. The molecule has 0 N–H and O–H groups in total. The molecule has 0 bridgehead atoms. The van der Waals surface area contributed by atoms with E-state index < -0.39 is 5.60 Å². The summed E-state index contributed by atoms with van der Waals surface area (Å²) in [5.74, 6) is 2.94. The second-order valence-corrected chi connectivity index (χ2v) is 7.76. The van der Waals surface area contributed by atoms with Crippen LogP contribution >= 0.6 is 0 Å². The van der Waals surface area contributed by atoms with Crippen LogP contribution in [0.3, 0.4) is 0 Å². The minimum Gasteiger partial charge on any atom is -0.345 e. The number of hydrogen-bond acceptors (Lipinski definition) is 1. The molecule has 1 unspecified atom stereocenters. The van der Waals surface area contributed by atoms with E-state index in [1.807, 2.05) is 18.2 Å². The summed E-state index contributed by atoms with van der Waals surface area (Å²) in [5.41, 5.74) is 2.53. The highest BCUT2D eigenvalue weighted by molar-refractivity contribution is 5.47. The number of terminal acetylenes is 1. The van der Waals surface area contributed by atoms with E-state index in [4.69, 9.17) is 11.2 Å². The molecule has 0 fully saturated rings. The van der Waals surface area contributed by atoms with Crippen LogP contribution < -0.4 is 0 Å². The van der Waals surface area contributed by atoms with Crippen LogP contribution in [-0.2, 0) is 10.3 Å². The Morgan fingerprint density at radius 3 is 1.53 bits per heavy atom. The molecule has 30 heavy (non-hydrogen) atoms. The van der Waals surface area contributed by atoms with E-state index in [0.29, 0.717) is 0 Å². The molecule has 1 nitrogen and oxygen atoms in total. The minimum absolute atomic E-state index is 0.257. The SMILES string of the molecule is C#CC(CCCCCCC)OC(c1ccccc1)(c1ccccc1)c1ccccc1. The first kappa shape index (κ1) is 21.9. The van der Waals surface area contributed by atoms with E-state index in [2.05, 4.69) is 85.6 Å². The summed E-state index contributed by atoms with van der Waals surface area (Å²) in [6, 6.07) is 31.3. The van der Waals surface area contributed by atoms with Gasteiger partial charge in [-0.25, -0.2) is 0 Å². The van der Waals surface area contributed by atoms with Gasteiger partial charge < -0.3 is 4.74 Å². The van der Waals surface area contributed by atoms with Crippen molar-refractivity contribution >= 4 is 0 Å². The number of hydrogen-bond donors (Lipinski definition) is 0. The molecule has 1 heteroatoms. The normalized spacial score (nSPS) is 12.3. The van der Waals surface area contributed by atoms with Crippen molar-refractivity contribution in [2.45, 2.75) is 57.2 Å². The number of rotatable bonds is 11. The Balaban J connectivity index is 2.02.